The van der Waals surface area contributed by atoms with Crippen LogP contribution in [0, 0.1) is 6.92 Å². The summed E-state index contributed by atoms with van der Waals surface area (Å²) in [5.41, 5.74) is 3.69. The molecule has 0 saturated heterocycles. The van der Waals surface area contributed by atoms with Crippen molar-refractivity contribution in [3.05, 3.63) is 53.1 Å². The molecule has 0 aromatic heterocycles. The number of methoxy groups -OCH3 is 3. The van der Waals surface area contributed by atoms with Crippen LogP contribution in [-0.4, -0.2) is 27.9 Å². The first-order chi connectivity index (χ1) is 11.2. The van der Waals surface area contributed by atoms with Crippen molar-refractivity contribution in [1.82, 2.24) is 5.32 Å². The van der Waals surface area contributed by atoms with E-state index in [9.17, 15) is 0 Å². The second kappa shape index (κ2) is 8.44. The van der Waals surface area contributed by atoms with Gasteiger partial charge in [-0.25, -0.2) is 0 Å². The molecule has 0 heterocycles. The van der Waals surface area contributed by atoms with Crippen LogP contribution in [0.1, 0.15) is 16.7 Å². The lowest BCUT2D eigenvalue weighted by molar-refractivity contribution is 0.321. The number of rotatable bonds is 8. The molecule has 0 aliphatic carbocycles. The average Bonchev–Trinajstić information content (AvgIpc) is 2.57. The van der Waals surface area contributed by atoms with Crippen molar-refractivity contribution in [3.63, 3.8) is 0 Å². The summed E-state index contributed by atoms with van der Waals surface area (Å²) in [6.45, 7) is 3.74. The number of ether oxygens (including phenoxy) is 3. The highest BCUT2D eigenvalue weighted by Crippen LogP contribution is 2.39. The Labute approximate surface area is 138 Å². The van der Waals surface area contributed by atoms with E-state index in [2.05, 4.69) is 36.5 Å². The maximum Gasteiger partial charge on any atom is 0.203 e. The van der Waals surface area contributed by atoms with E-state index in [4.69, 9.17) is 14.2 Å². The van der Waals surface area contributed by atoms with Gasteiger partial charge >= 0.3 is 0 Å². The van der Waals surface area contributed by atoms with Crippen LogP contribution in [0.2, 0.25) is 0 Å². The number of hydrogen-bond donors (Lipinski definition) is 1. The number of hydrogen-bond acceptors (Lipinski definition) is 4. The second-order valence-corrected chi connectivity index (χ2v) is 5.41. The lowest BCUT2D eigenvalue weighted by Gasteiger charge is -2.16. The molecule has 0 radical (unpaired) electrons. The van der Waals surface area contributed by atoms with Gasteiger partial charge in [0.15, 0.2) is 11.5 Å². The monoisotopic (exact) mass is 315 g/mol. The minimum Gasteiger partial charge on any atom is -0.493 e. The molecule has 0 saturated carbocycles. The SMILES string of the molecule is COc1ccc(CNCCc2cccc(C)c2)c(OC)c1OC. The van der Waals surface area contributed by atoms with Crippen molar-refractivity contribution in [1.29, 1.82) is 0 Å². The van der Waals surface area contributed by atoms with Gasteiger partial charge in [-0.15, -0.1) is 0 Å². The van der Waals surface area contributed by atoms with Gasteiger partial charge in [-0.2, -0.15) is 0 Å². The highest BCUT2D eigenvalue weighted by molar-refractivity contribution is 5.55. The van der Waals surface area contributed by atoms with Gasteiger partial charge in [0.25, 0.3) is 0 Å². The molecule has 0 fully saturated rings. The Bertz CT molecular complexity index is 641. The third kappa shape index (κ3) is 4.39. The van der Waals surface area contributed by atoms with Gasteiger partial charge in [-0.3, -0.25) is 0 Å². The first-order valence-electron chi connectivity index (χ1n) is 7.73. The van der Waals surface area contributed by atoms with E-state index in [1.165, 1.54) is 11.1 Å². The number of benzene rings is 2. The molecule has 0 atom stereocenters. The van der Waals surface area contributed by atoms with E-state index >= 15 is 0 Å². The Kier molecular flexibility index (Phi) is 6.29. The Hall–Kier alpha value is -2.20. The molecule has 1 N–H and O–H groups in total. The van der Waals surface area contributed by atoms with Crippen LogP contribution in [0.4, 0.5) is 0 Å². The zero-order chi connectivity index (χ0) is 16.7. The first kappa shape index (κ1) is 17.2. The molecule has 2 rings (SSSR count). The largest absolute Gasteiger partial charge is 0.493 e. The van der Waals surface area contributed by atoms with E-state index in [1.54, 1.807) is 21.3 Å². The highest BCUT2D eigenvalue weighted by Gasteiger charge is 2.15. The fraction of sp³-hybridized carbons (Fsp3) is 0.368. The summed E-state index contributed by atoms with van der Waals surface area (Å²) in [5.74, 6) is 2.02. The van der Waals surface area contributed by atoms with E-state index in [-0.39, 0.29) is 0 Å². The minimum absolute atomic E-state index is 0.632. The zero-order valence-corrected chi connectivity index (χ0v) is 14.3. The molecule has 0 aliphatic heterocycles. The van der Waals surface area contributed by atoms with Gasteiger partial charge in [-0.1, -0.05) is 35.9 Å². The van der Waals surface area contributed by atoms with Crippen LogP contribution in [0.15, 0.2) is 36.4 Å². The quantitative estimate of drug-likeness (QED) is 0.758. The van der Waals surface area contributed by atoms with Gasteiger partial charge in [0, 0.05) is 12.1 Å². The van der Waals surface area contributed by atoms with Gasteiger partial charge in [0.05, 0.1) is 21.3 Å². The predicted octanol–water partition coefficient (Wildman–Crippen LogP) is 3.35. The van der Waals surface area contributed by atoms with Crippen LogP contribution in [0.5, 0.6) is 17.2 Å². The third-order valence-electron chi connectivity index (χ3n) is 3.77. The van der Waals surface area contributed by atoms with Crippen molar-refractivity contribution in [3.8, 4) is 17.2 Å². The molecule has 23 heavy (non-hydrogen) atoms. The van der Waals surface area contributed by atoms with E-state index in [1.807, 2.05) is 12.1 Å². The molecule has 0 amide bonds. The number of aryl methyl sites for hydroxylation is 1. The third-order valence-corrected chi connectivity index (χ3v) is 3.77. The van der Waals surface area contributed by atoms with Crippen molar-refractivity contribution in [2.45, 2.75) is 19.9 Å². The molecule has 2 aromatic carbocycles. The van der Waals surface area contributed by atoms with Crippen LogP contribution in [0.3, 0.4) is 0 Å². The van der Waals surface area contributed by atoms with Gasteiger partial charge in [0.2, 0.25) is 5.75 Å². The summed E-state index contributed by atoms with van der Waals surface area (Å²) >= 11 is 0. The normalized spacial score (nSPS) is 10.4. The standard InChI is InChI=1S/C19H25NO3/c1-14-6-5-7-15(12-14)10-11-20-13-16-8-9-17(21-2)19(23-4)18(16)22-3/h5-9,12,20H,10-11,13H2,1-4H3. The molecule has 0 spiro atoms. The van der Waals surface area contributed by atoms with E-state index < -0.39 is 0 Å². The topological polar surface area (TPSA) is 39.7 Å². The van der Waals surface area contributed by atoms with Gasteiger partial charge < -0.3 is 19.5 Å². The molecule has 0 bridgehead atoms. The molecule has 4 heteroatoms. The maximum absolute atomic E-state index is 5.50. The summed E-state index contributed by atoms with van der Waals surface area (Å²) in [4.78, 5) is 0. The van der Waals surface area contributed by atoms with Crippen LogP contribution < -0.4 is 19.5 Å². The Balaban J connectivity index is 1.97. The first-order valence-corrected chi connectivity index (χ1v) is 7.73. The van der Waals surface area contributed by atoms with Crippen LogP contribution in [0.25, 0.3) is 0 Å². The van der Waals surface area contributed by atoms with E-state index in [0.29, 0.717) is 11.5 Å². The van der Waals surface area contributed by atoms with E-state index in [0.717, 1.165) is 30.8 Å². The lowest BCUT2D eigenvalue weighted by Crippen LogP contribution is -2.17. The fourth-order valence-corrected chi connectivity index (χ4v) is 2.63. The molecule has 2 aromatic rings. The zero-order valence-electron chi connectivity index (χ0n) is 14.3. The van der Waals surface area contributed by atoms with Crippen molar-refractivity contribution >= 4 is 0 Å². The maximum atomic E-state index is 5.50. The minimum atomic E-state index is 0.632. The summed E-state index contributed by atoms with van der Waals surface area (Å²) in [7, 11) is 4.89. The van der Waals surface area contributed by atoms with Crippen molar-refractivity contribution < 1.29 is 14.2 Å². The van der Waals surface area contributed by atoms with Gasteiger partial charge in [0.1, 0.15) is 0 Å². The number of nitrogens with one attached hydrogen (secondary N) is 1. The molecular formula is C19H25NO3. The highest BCUT2D eigenvalue weighted by atomic mass is 16.5. The second-order valence-electron chi connectivity index (χ2n) is 5.41. The van der Waals surface area contributed by atoms with Crippen LogP contribution in [-0.2, 0) is 13.0 Å². The predicted molar refractivity (Wildman–Crippen MR) is 92.7 cm³/mol. The molecule has 0 aliphatic rings. The summed E-state index contributed by atoms with van der Waals surface area (Å²) in [6, 6.07) is 12.5. The molecule has 0 unspecified atom stereocenters. The lowest BCUT2D eigenvalue weighted by atomic mass is 10.1. The van der Waals surface area contributed by atoms with Crippen molar-refractivity contribution in [2.75, 3.05) is 27.9 Å². The summed E-state index contributed by atoms with van der Waals surface area (Å²) in [6.07, 6.45) is 0.997. The van der Waals surface area contributed by atoms with Crippen molar-refractivity contribution in [2.24, 2.45) is 0 Å². The Morgan fingerprint density at radius 2 is 1.70 bits per heavy atom. The Morgan fingerprint density at radius 1 is 0.913 bits per heavy atom. The smallest absolute Gasteiger partial charge is 0.203 e. The molecule has 4 nitrogen and oxygen atoms in total. The average molecular weight is 315 g/mol. The summed E-state index contributed by atoms with van der Waals surface area (Å²) in [5, 5.41) is 3.46. The molecule has 124 valence electrons. The fourth-order valence-electron chi connectivity index (χ4n) is 2.63. The van der Waals surface area contributed by atoms with Gasteiger partial charge in [-0.05, 0) is 31.5 Å². The van der Waals surface area contributed by atoms with Crippen LogP contribution >= 0.6 is 0 Å². The summed E-state index contributed by atoms with van der Waals surface area (Å²) < 4.78 is 16.2. The Morgan fingerprint density at radius 3 is 2.35 bits per heavy atom. The molecular weight excluding hydrogens is 290 g/mol.